The van der Waals surface area contributed by atoms with Gasteiger partial charge < -0.3 is 20.5 Å². The zero-order valence-corrected chi connectivity index (χ0v) is 20.1. The number of nitrogens with zero attached hydrogens (tertiary/aromatic N) is 2. The van der Waals surface area contributed by atoms with Gasteiger partial charge in [0.05, 0.1) is 18.2 Å². The predicted molar refractivity (Wildman–Crippen MR) is 134 cm³/mol. The van der Waals surface area contributed by atoms with Gasteiger partial charge in [0.15, 0.2) is 0 Å². The number of benzene rings is 2. The molecule has 2 atom stereocenters. The minimum Gasteiger partial charge on any atom is -0.491 e. The van der Waals surface area contributed by atoms with Gasteiger partial charge in [0.1, 0.15) is 18.5 Å². The van der Waals surface area contributed by atoms with Crippen molar-refractivity contribution >= 4 is 5.91 Å². The largest absolute Gasteiger partial charge is 0.491 e. The molecule has 180 valence electrons. The molecule has 0 bridgehead atoms. The van der Waals surface area contributed by atoms with Crippen LogP contribution in [0, 0.1) is 18.3 Å². The quantitative estimate of drug-likeness (QED) is 0.516. The topological polar surface area (TPSA) is 110 Å². The average Bonchev–Trinajstić information content (AvgIpc) is 2.89. The number of rotatable bonds is 8. The van der Waals surface area contributed by atoms with Crippen molar-refractivity contribution in [2.45, 2.75) is 32.3 Å². The van der Waals surface area contributed by atoms with Gasteiger partial charge in [-0.3, -0.25) is 9.78 Å². The van der Waals surface area contributed by atoms with Crippen LogP contribution >= 0.6 is 0 Å². The van der Waals surface area contributed by atoms with Crippen LogP contribution in [0.15, 0.2) is 54.7 Å². The standard InChI is InChI=1S/C28H30N4O3/c1-3-26(20-5-4-18(2)32-15-20)19-6-7-27(23(10-19)14-29)21-11-22(28(30)33)13-24(12-21)35-17-25-16-31-8-9-34-25/h4-7,10-13,15,25-26,31H,3,8-9,16-17H2,1-2H3,(H2,30,33). The van der Waals surface area contributed by atoms with Gasteiger partial charge >= 0.3 is 0 Å². The van der Waals surface area contributed by atoms with E-state index in [1.165, 1.54) is 0 Å². The van der Waals surface area contributed by atoms with E-state index in [0.717, 1.165) is 35.3 Å². The van der Waals surface area contributed by atoms with Crippen LogP contribution < -0.4 is 15.8 Å². The number of ether oxygens (including phenoxy) is 2. The Morgan fingerprint density at radius 3 is 2.74 bits per heavy atom. The Kier molecular flexibility index (Phi) is 7.76. The van der Waals surface area contributed by atoms with Crippen LogP contribution in [-0.4, -0.2) is 43.3 Å². The Labute approximate surface area is 205 Å². The molecule has 1 aliphatic rings. The minimum absolute atomic E-state index is 0.0689. The molecule has 2 unspecified atom stereocenters. The molecule has 1 fully saturated rings. The van der Waals surface area contributed by atoms with Gasteiger partial charge in [-0.25, -0.2) is 0 Å². The second-order valence-corrected chi connectivity index (χ2v) is 8.73. The van der Waals surface area contributed by atoms with Crippen LogP contribution in [0.2, 0.25) is 0 Å². The van der Waals surface area contributed by atoms with E-state index in [4.69, 9.17) is 15.2 Å². The van der Waals surface area contributed by atoms with Crippen molar-refractivity contribution in [3.8, 4) is 22.9 Å². The van der Waals surface area contributed by atoms with E-state index in [0.29, 0.717) is 42.2 Å². The molecule has 0 saturated carbocycles. The molecule has 0 radical (unpaired) electrons. The number of nitrogens with two attached hydrogens (primary N) is 1. The van der Waals surface area contributed by atoms with Crippen molar-refractivity contribution in [2.75, 3.05) is 26.3 Å². The lowest BCUT2D eigenvalue weighted by Crippen LogP contribution is -2.41. The maximum absolute atomic E-state index is 12.0. The SMILES string of the molecule is CCC(c1ccc(C)nc1)c1ccc(-c2cc(OCC3CNCCO3)cc(C(N)=O)c2)c(C#N)c1. The van der Waals surface area contributed by atoms with Gasteiger partial charge in [-0.15, -0.1) is 0 Å². The number of morpholine rings is 1. The van der Waals surface area contributed by atoms with Crippen LogP contribution in [0.1, 0.15) is 52.0 Å². The molecular weight excluding hydrogens is 440 g/mol. The maximum Gasteiger partial charge on any atom is 0.248 e. The molecule has 7 nitrogen and oxygen atoms in total. The van der Waals surface area contributed by atoms with Crippen LogP contribution in [-0.2, 0) is 4.74 Å². The van der Waals surface area contributed by atoms with E-state index in [-0.39, 0.29) is 12.0 Å². The Morgan fingerprint density at radius 1 is 1.26 bits per heavy atom. The van der Waals surface area contributed by atoms with Crippen molar-refractivity contribution in [2.24, 2.45) is 5.73 Å². The van der Waals surface area contributed by atoms with Crippen molar-refractivity contribution in [1.29, 1.82) is 5.26 Å². The molecule has 1 amide bonds. The van der Waals surface area contributed by atoms with E-state index < -0.39 is 5.91 Å². The number of carbonyl (C=O) groups is 1. The van der Waals surface area contributed by atoms with Crippen LogP contribution in [0.4, 0.5) is 0 Å². The summed E-state index contributed by atoms with van der Waals surface area (Å²) in [5, 5.41) is 13.2. The number of aryl methyl sites for hydroxylation is 1. The number of hydrogen-bond donors (Lipinski definition) is 2. The zero-order chi connectivity index (χ0) is 24.8. The summed E-state index contributed by atoms with van der Waals surface area (Å²) in [5.74, 6) is 0.0835. The lowest BCUT2D eigenvalue weighted by Gasteiger charge is -2.24. The number of primary amides is 1. The molecule has 2 aromatic carbocycles. The van der Waals surface area contributed by atoms with Crippen molar-refractivity contribution < 1.29 is 14.3 Å². The fourth-order valence-electron chi connectivity index (χ4n) is 4.37. The Bertz CT molecular complexity index is 1230. The second-order valence-electron chi connectivity index (χ2n) is 8.73. The van der Waals surface area contributed by atoms with Crippen LogP contribution in [0.5, 0.6) is 5.75 Å². The smallest absolute Gasteiger partial charge is 0.248 e. The number of nitrogens with one attached hydrogen (secondary N) is 1. The zero-order valence-electron chi connectivity index (χ0n) is 20.1. The highest BCUT2D eigenvalue weighted by Gasteiger charge is 2.18. The first-order valence-corrected chi connectivity index (χ1v) is 11.9. The van der Waals surface area contributed by atoms with Crippen molar-refractivity contribution in [3.05, 3.63) is 82.7 Å². The third kappa shape index (κ3) is 5.86. The Balaban J connectivity index is 1.66. The summed E-state index contributed by atoms with van der Waals surface area (Å²) in [7, 11) is 0. The summed E-state index contributed by atoms with van der Waals surface area (Å²) >= 11 is 0. The van der Waals surface area contributed by atoms with E-state index in [1.54, 1.807) is 12.1 Å². The summed E-state index contributed by atoms with van der Waals surface area (Å²) in [6, 6.07) is 17.4. The average molecular weight is 471 g/mol. The molecule has 7 heteroatoms. The van der Waals surface area contributed by atoms with Crippen molar-refractivity contribution in [1.82, 2.24) is 10.3 Å². The molecule has 0 aliphatic carbocycles. The van der Waals surface area contributed by atoms with Crippen LogP contribution in [0.3, 0.4) is 0 Å². The van der Waals surface area contributed by atoms with Gasteiger partial charge in [-0.05, 0) is 65.9 Å². The number of nitriles is 1. The number of pyridine rings is 1. The molecule has 35 heavy (non-hydrogen) atoms. The normalized spacial score (nSPS) is 16.3. The minimum atomic E-state index is -0.555. The maximum atomic E-state index is 12.0. The van der Waals surface area contributed by atoms with E-state index in [9.17, 15) is 10.1 Å². The van der Waals surface area contributed by atoms with Gasteiger partial charge in [0.2, 0.25) is 5.91 Å². The van der Waals surface area contributed by atoms with Gasteiger partial charge in [0.25, 0.3) is 0 Å². The highest BCUT2D eigenvalue weighted by Crippen LogP contribution is 2.34. The molecule has 3 aromatic rings. The van der Waals surface area contributed by atoms with Crippen LogP contribution in [0.25, 0.3) is 11.1 Å². The molecule has 0 spiro atoms. The molecule has 1 saturated heterocycles. The summed E-state index contributed by atoms with van der Waals surface area (Å²) in [4.78, 5) is 16.5. The Hall–Kier alpha value is -3.73. The van der Waals surface area contributed by atoms with E-state index in [2.05, 4.69) is 29.4 Å². The lowest BCUT2D eigenvalue weighted by atomic mass is 9.87. The number of carbonyl (C=O) groups excluding carboxylic acids is 1. The van der Waals surface area contributed by atoms with E-state index in [1.807, 2.05) is 43.5 Å². The molecule has 1 aromatic heterocycles. The molecule has 3 N–H and O–H groups in total. The number of hydrogen-bond acceptors (Lipinski definition) is 6. The summed E-state index contributed by atoms with van der Waals surface area (Å²) in [5.41, 5.74) is 11.0. The first kappa shape index (κ1) is 24.4. The molecular formula is C28H30N4O3. The van der Waals surface area contributed by atoms with Gasteiger partial charge in [-0.1, -0.05) is 25.1 Å². The van der Waals surface area contributed by atoms with E-state index >= 15 is 0 Å². The predicted octanol–water partition coefficient (Wildman–Crippen LogP) is 3.94. The third-order valence-corrected chi connectivity index (χ3v) is 6.25. The molecule has 4 rings (SSSR count). The highest BCUT2D eigenvalue weighted by atomic mass is 16.5. The summed E-state index contributed by atoms with van der Waals surface area (Å²) in [6.45, 7) is 6.60. The first-order chi connectivity index (χ1) is 17.0. The molecule has 2 heterocycles. The third-order valence-electron chi connectivity index (χ3n) is 6.25. The number of amides is 1. The second kappa shape index (κ2) is 11.1. The Morgan fingerprint density at radius 2 is 2.09 bits per heavy atom. The highest BCUT2D eigenvalue weighted by molar-refractivity contribution is 5.95. The van der Waals surface area contributed by atoms with Gasteiger partial charge in [0, 0.05) is 36.5 Å². The van der Waals surface area contributed by atoms with Gasteiger partial charge in [-0.2, -0.15) is 5.26 Å². The fourth-order valence-corrected chi connectivity index (χ4v) is 4.37. The van der Waals surface area contributed by atoms with Crippen molar-refractivity contribution in [3.63, 3.8) is 0 Å². The number of aromatic nitrogens is 1. The molecule has 1 aliphatic heterocycles. The monoisotopic (exact) mass is 470 g/mol. The lowest BCUT2D eigenvalue weighted by molar-refractivity contribution is 0.000196. The first-order valence-electron chi connectivity index (χ1n) is 11.9. The fraction of sp³-hybridized carbons (Fsp3) is 0.321. The summed E-state index contributed by atoms with van der Waals surface area (Å²) in [6.07, 6.45) is 2.71. The summed E-state index contributed by atoms with van der Waals surface area (Å²) < 4.78 is 11.6.